The van der Waals surface area contributed by atoms with Crippen molar-refractivity contribution in [1.29, 1.82) is 0 Å². The molecule has 0 saturated carbocycles. The van der Waals surface area contributed by atoms with Gasteiger partial charge in [-0.05, 0) is 31.4 Å². The van der Waals surface area contributed by atoms with Gasteiger partial charge < -0.3 is 14.6 Å². The summed E-state index contributed by atoms with van der Waals surface area (Å²) in [6.45, 7) is 6.35. The van der Waals surface area contributed by atoms with Gasteiger partial charge in [-0.1, -0.05) is 12.1 Å². The minimum atomic E-state index is -4.33. The Morgan fingerprint density at radius 2 is 1.92 bits per heavy atom. The number of ether oxygens (including phenoxy) is 1. The van der Waals surface area contributed by atoms with Crippen molar-refractivity contribution in [2.45, 2.75) is 32.0 Å². The van der Waals surface area contributed by atoms with Gasteiger partial charge in [0.15, 0.2) is 0 Å². The standard InChI is InChI=1S/C16H24BF3N2O2/c1-12-10-21(17(2)23)8-9-22(12)15(11-24-3)13-4-6-14(7-5-13)16(18,19)20/h4-7,12,15,23H,8-11H2,1-3H3/t12-,15+/m0/s1. The van der Waals surface area contributed by atoms with Gasteiger partial charge in [-0.3, -0.25) is 4.90 Å². The van der Waals surface area contributed by atoms with E-state index in [1.165, 1.54) is 12.1 Å². The van der Waals surface area contributed by atoms with Gasteiger partial charge in [0.05, 0.1) is 18.2 Å². The highest BCUT2D eigenvalue weighted by Gasteiger charge is 2.34. The first kappa shape index (κ1) is 19.2. The molecule has 1 fully saturated rings. The Kier molecular flexibility index (Phi) is 6.30. The lowest BCUT2D eigenvalue weighted by molar-refractivity contribution is -0.137. The molecule has 8 heteroatoms. The number of halogens is 3. The fourth-order valence-electron chi connectivity index (χ4n) is 3.24. The van der Waals surface area contributed by atoms with E-state index in [0.29, 0.717) is 19.7 Å². The monoisotopic (exact) mass is 344 g/mol. The Balaban J connectivity index is 2.17. The van der Waals surface area contributed by atoms with E-state index in [1.54, 1.807) is 13.9 Å². The summed E-state index contributed by atoms with van der Waals surface area (Å²) < 4.78 is 43.5. The predicted octanol–water partition coefficient (Wildman–Crippen LogP) is 2.51. The Morgan fingerprint density at radius 1 is 1.29 bits per heavy atom. The quantitative estimate of drug-likeness (QED) is 0.833. The summed E-state index contributed by atoms with van der Waals surface area (Å²) in [7, 11) is 1.09. The molecule has 1 saturated heterocycles. The van der Waals surface area contributed by atoms with E-state index in [4.69, 9.17) is 4.74 Å². The second-order valence-corrected chi connectivity index (χ2v) is 6.30. The molecule has 2 rings (SSSR count). The number of hydrogen-bond acceptors (Lipinski definition) is 4. The Hall–Kier alpha value is -1.09. The molecule has 0 aliphatic carbocycles. The van der Waals surface area contributed by atoms with Crippen LogP contribution in [0.25, 0.3) is 0 Å². The molecule has 24 heavy (non-hydrogen) atoms. The van der Waals surface area contributed by atoms with Crippen LogP contribution in [0.15, 0.2) is 24.3 Å². The van der Waals surface area contributed by atoms with Gasteiger partial charge in [0.2, 0.25) is 0 Å². The highest BCUT2D eigenvalue weighted by atomic mass is 19.4. The van der Waals surface area contributed by atoms with E-state index in [-0.39, 0.29) is 12.1 Å². The van der Waals surface area contributed by atoms with Crippen molar-refractivity contribution in [2.75, 3.05) is 33.4 Å². The van der Waals surface area contributed by atoms with Gasteiger partial charge in [-0.2, -0.15) is 13.2 Å². The summed E-state index contributed by atoms with van der Waals surface area (Å²) in [6, 6.07) is 5.35. The highest BCUT2D eigenvalue weighted by Crippen LogP contribution is 2.32. The Labute approximate surface area is 141 Å². The van der Waals surface area contributed by atoms with Crippen molar-refractivity contribution in [3.05, 3.63) is 35.4 Å². The first-order chi connectivity index (χ1) is 11.2. The molecule has 1 heterocycles. The Morgan fingerprint density at radius 3 is 2.38 bits per heavy atom. The van der Waals surface area contributed by atoms with E-state index in [1.807, 2.05) is 4.81 Å². The van der Waals surface area contributed by atoms with Crippen molar-refractivity contribution >= 4 is 7.05 Å². The van der Waals surface area contributed by atoms with Crippen molar-refractivity contribution in [2.24, 2.45) is 0 Å². The smallest absolute Gasteiger partial charge is 0.416 e. The average Bonchev–Trinajstić information content (AvgIpc) is 2.52. The van der Waals surface area contributed by atoms with E-state index >= 15 is 0 Å². The summed E-state index contributed by atoms with van der Waals surface area (Å²) in [6.07, 6.45) is -4.33. The van der Waals surface area contributed by atoms with Crippen LogP contribution in [-0.2, 0) is 10.9 Å². The van der Waals surface area contributed by atoms with Gasteiger partial charge in [-0.15, -0.1) is 0 Å². The summed E-state index contributed by atoms with van der Waals surface area (Å²) in [4.78, 5) is 4.21. The van der Waals surface area contributed by atoms with Crippen LogP contribution in [0.4, 0.5) is 13.2 Å². The van der Waals surface area contributed by atoms with Crippen LogP contribution in [0.2, 0.25) is 6.82 Å². The number of piperazine rings is 1. The summed E-state index contributed by atoms with van der Waals surface area (Å²) in [5.74, 6) is 0. The second-order valence-electron chi connectivity index (χ2n) is 6.30. The third kappa shape index (κ3) is 4.50. The molecule has 1 aliphatic rings. The van der Waals surface area contributed by atoms with Crippen LogP contribution in [0, 0.1) is 0 Å². The van der Waals surface area contributed by atoms with E-state index in [0.717, 1.165) is 24.2 Å². The van der Waals surface area contributed by atoms with Crippen LogP contribution >= 0.6 is 0 Å². The molecule has 1 aromatic rings. The zero-order chi connectivity index (χ0) is 17.9. The third-order valence-electron chi connectivity index (χ3n) is 4.59. The molecule has 0 radical (unpaired) electrons. The summed E-state index contributed by atoms with van der Waals surface area (Å²) in [5.41, 5.74) is 0.164. The van der Waals surface area contributed by atoms with Crippen molar-refractivity contribution in [3.8, 4) is 0 Å². The molecule has 1 aliphatic heterocycles. The molecule has 134 valence electrons. The molecule has 0 amide bonds. The van der Waals surface area contributed by atoms with E-state index in [2.05, 4.69) is 11.8 Å². The van der Waals surface area contributed by atoms with Gasteiger partial charge in [0.25, 0.3) is 0 Å². The van der Waals surface area contributed by atoms with E-state index < -0.39 is 18.8 Å². The molecule has 1 N–H and O–H groups in total. The fourth-order valence-corrected chi connectivity index (χ4v) is 3.24. The van der Waals surface area contributed by atoms with Crippen LogP contribution in [0.3, 0.4) is 0 Å². The number of nitrogens with zero attached hydrogens (tertiary/aromatic N) is 2. The van der Waals surface area contributed by atoms with Gasteiger partial charge in [-0.25, -0.2) is 0 Å². The molecule has 4 nitrogen and oxygen atoms in total. The maximum atomic E-state index is 12.7. The molecule has 0 bridgehead atoms. The van der Waals surface area contributed by atoms with Crippen molar-refractivity contribution < 1.29 is 22.9 Å². The van der Waals surface area contributed by atoms with Crippen LogP contribution in [0.1, 0.15) is 24.1 Å². The van der Waals surface area contributed by atoms with Crippen molar-refractivity contribution in [3.63, 3.8) is 0 Å². The zero-order valence-corrected chi connectivity index (χ0v) is 14.3. The SMILES string of the molecule is COC[C@H](c1ccc(C(F)(F)F)cc1)N1CCN(B(C)O)C[C@@H]1C. The zero-order valence-electron chi connectivity index (χ0n) is 14.3. The molecular weight excluding hydrogens is 320 g/mol. The first-order valence-corrected chi connectivity index (χ1v) is 8.08. The Bertz CT molecular complexity index is 525. The topological polar surface area (TPSA) is 35.9 Å². The molecule has 2 atom stereocenters. The molecule has 0 unspecified atom stereocenters. The molecule has 0 spiro atoms. The minimum Gasteiger partial charge on any atom is -0.437 e. The van der Waals surface area contributed by atoms with Crippen molar-refractivity contribution in [1.82, 2.24) is 9.71 Å². The summed E-state index contributed by atoms with van der Waals surface area (Å²) >= 11 is 0. The van der Waals surface area contributed by atoms with Crippen LogP contribution in [-0.4, -0.2) is 61.2 Å². The number of alkyl halides is 3. The second kappa shape index (κ2) is 7.86. The average molecular weight is 344 g/mol. The molecular formula is C16H24BF3N2O2. The van der Waals surface area contributed by atoms with Gasteiger partial charge in [0.1, 0.15) is 0 Å². The molecule has 0 aromatic heterocycles. The third-order valence-corrected chi connectivity index (χ3v) is 4.59. The highest BCUT2D eigenvalue weighted by molar-refractivity contribution is 6.45. The lowest BCUT2D eigenvalue weighted by atomic mass is 9.83. The van der Waals surface area contributed by atoms with Crippen LogP contribution < -0.4 is 0 Å². The number of methoxy groups -OCH3 is 1. The normalized spacial score (nSPS) is 21.7. The maximum Gasteiger partial charge on any atom is 0.416 e. The number of hydrogen-bond donors (Lipinski definition) is 1. The predicted molar refractivity (Wildman–Crippen MR) is 87.6 cm³/mol. The lowest BCUT2D eigenvalue weighted by Crippen LogP contribution is -2.57. The number of benzene rings is 1. The fraction of sp³-hybridized carbons (Fsp3) is 0.625. The van der Waals surface area contributed by atoms with Gasteiger partial charge >= 0.3 is 13.2 Å². The largest absolute Gasteiger partial charge is 0.437 e. The minimum absolute atomic E-state index is 0.108. The van der Waals surface area contributed by atoms with E-state index in [9.17, 15) is 18.2 Å². The van der Waals surface area contributed by atoms with Gasteiger partial charge in [0, 0.05) is 32.8 Å². The molecule has 1 aromatic carbocycles. The number of rotatable bonds is 5. The summed E-state index contributed by atoms with van der Waals surface area (Å²) in [5, 5.41) is 9.72. The first-order valence-electron chi connectivity index (χ1n) is 8.08. The maximum absolute atomic E-state index is 12.7. The van der Waals surface area contributed by atoms with Crippen LogP contribution in [0.5, 0.6) is 0 Å². The lowest BCUT2D eigenvalue weighted by Gasteiger charge is -2.44.